The highest BCUT2D eigenvalue weighted by Gasteiger charge is 2.40. The molecule has 0 saturated heterocycles. The number of rotatable bonds is 3. The van der Waals surface area contributed by atoms with Crippen molar-refractivity contribution in [2.75, 3.05) is 0 Å². The molecule has 1 fully saturated rings. The minimum atomic E-state index is -0.314. The minimum absolute atomic E-state index is 0. The Labute approximate surface area is 102 Å². The van der Waals surface area contributed by atoms with Crippen LogP contribution in [0.4, 0.5) is 0 Å². The molecule has 2 rings (SSSR count). The van der Waals surface area contributed by atoms with Gasteiger partial charge in [0.15, 0.2) is 5.82 Å². The quantitative estimate of drug-likeness (QED) is 0.889. The van der Waals surface area contributed by atoms with Crippen LogP contribution in [0.15, 0.2) is 4.52 Å². The first-order valence-electron chi connectivity index (χ1n) is 5.61. The third-order valence-electron chi connectivity index (χ3n) is 3.58. The average Bonchev–Trinajstić information content (AvgIpc) is 2.63. The highest BCUT2D eigenvalue weighted by Crippen LogP contribution is 2.38. The molecule has 0 aliphatic heterocycles. The molecule has 0 amide bonds. The lowest BCUT2D eigenvalue weighted by molar-refractivity contribution is 0.227. The second kappa shape index (κ2) is 4.34. The first-order valence-corrected chi connectivity index (χ1v) is 5.61. The molecule has 1 aromatic rings. The number of hydrogen-bond acceptors (Lipinski definition) is 4. The predicted molar refractivity (Wildman–Crippen MR) is 64.6 cm³/mol. The second-order valence-electron chi connectivity index (χ2n) is 5.17. The van der Waals surface area contributed by atoms with E-state index in [0.717, 1.165) is 25.7 Å². The van der Waals surface area contributed by atoms with Gasteiger partial charge in [-0.05, 0) is 25.7 Å². The fourth-order valence-electron chi connectivity index (χ4n) is 1.63. The Morgan fingerprint density at radius 1 is 1.44 bits per heavy atom. The van der Waals surface area contributed by atoms with Gasteiger partial charge in [0.1, 0.15) is 0 Å². The summed E-state index contributed by atoms with van der Waals surface area (Å²) in [7, 11) is 0. The monoisotopic (exact) mass is 245 g/mol. The third-order valence-corrected chi connectivity index (χ3v) is 3.58. The smallest absolute Gasteiger partial charge is 0.232 e. The summed E-state index contributed by atoms with van der Waals surface area (Å²) < 4.78 is 5.30. The van der Waals surface area contributed by atoms with Crippen molar-refractivity contribution < 1.29 is 4.52 Å². The van der Waals surface area contributed by atoms with Gasteiger partial charge in [0.2, 0.25) is 5.89 Å². The summed E-state index contributed by atoms with van der Waals surface area (Å²) >= 11 is 0. The first kappa shape index (κ1) is 13.5. The van der Waals surface area contributed by atoms with Gasteiger partial charge in [0, 0.05) is 5.41 Å². The van der Waals surface area contributed by atoms with Gasteiger partial charge in [0.25, 0.3) is 0 Å². The predicted octanol–water partition coefficient (Wildman–Crippen LogP) is 2.52. The molecule has 1 saturated carbocycles. The lowest BCUT2D eigenvalue weighted by Gasteiger charge is -2.34. The Balaban J connectivity index is 0.00000128. The maximum atomic E-state index is 6.14. The maximum Gasteiger partial charge on any atom is 0.232 e. The molecule has 4 nitrogen and oxygen atoms in total. The van der Waals surface area contributed by atoms with Gasteiger partial charge < -0.3 is 10.3 Å². The van der Waals surface area contributed by atoms with Gasteiger partial charge in [-0.1, -0.05) is 25.9 Å². The number of nitrogens with zero attached hydrogens (tertiary/aromatic N) is 2. The van der Waals surface area contributed by atoms with Crippen LogP contribution in [-0.4, -0.2) is 10.1 Å². The van der Waals surface area contributed by atoms with Gasteiger partial charge in [-0.15, -0.1) is 12.4 Å². The summed E-state index contributed by atoms with van der Waals surface area (Å²) in [5.41, 5.74) is 5.77. The normalized spacial score (nSPS) is 18.8. The van der Waals surface area contributed by atoms with Crippen LogP contribution in [-0.2, 0) is 11.0 Å². The molecule has 5 heteroatoms. The Bertz CT molecular complexity index is 332. The average molecular weight is 246 g/mol. The van der Waals surface area contributed by atoms with E-state index >= 15 is 0 Å². The van der Waals surface area contributed by atoms with E-state index in [1.165, 1.54) is 0 Å². The van der Waals surface area contributed by atoms with Crippen molar-refractivity contribution in [2.45, 2.75) is 57.4 Å². The summed E-state index contributed by atoms with van der Waals surface area (Å²) in [6, 6.07) is 0. The summed E-state index contributed by atoms with van der Waals surface area (Å²) in [5, 5.41) is 4.01. The van der Waals surface area contributed by atoms with Crippen molar-refractivity contribution in [1.29, 1.82) is 0 Å². The minimum Gasteiger partial charge on any atom is -0.339 e. The van der Waals surface area contributed by atoms with Crippen LogP contribution < -0.4 is 5.73 Å². The highest BCUT2D eigenvalue weighted by molar-refractivity contribution is 5.85. The molecule has 0 radical (unpaired) electrons. The zero-order chi connectivity index (χ0) is 11.1. The maximum absolute atomic E-state index is 6.14. The lowest BCUT2D eigenvalue weighted by atomic mass is 9.77. The van der Waals surface area contributed by atoms with Crippen molar-refractivity contribution in [2.24, 2.45) is 5.73 Å². The van der Waals surface area contributed by atoms with Gasteiger partial charge in [-0.25, -0.2) is 0 Å². The Morgan fingerprint density at radius 3 is 2.50 bits per heavy atom. The van der Waals surface area contributed by atoms with Crippen molar-refractivity contribution in [3.63, 3.8) is 0 Å². The molecule has 2 N–H and O–H groups in total. The van der Waals surface area contributed by atoms with Gasteiger partial charge in [0.05, 0.1) is 5.54 Å². The molecular formula is C11H20ClN3O. The van der Waals surface area contributed by atoms with Gasteiger partial charge >= 0.3 is 0 Å². The molecule has 0 aromatic carbocycles. The van der Waals surface area contributed by atoms with Crippen molar-refractivity contribution in [1.82, 2.24) is 10.1 Å². The molecule has 0 spiro atoms. The fourth-order valence-corrected chi connectivity index (χ4v) is 1.63. The summed E-state index contributed by atoms with van der Waals surface area (Å²) in [5.74, 6) is 1.39. The van der Waals surface area contributed by atoms with E-state index in [9.17, 15) is 0 Å². The van der Waals surface area contributed by atoms with E-state index in [1.807, 2.05) is 0 Å². The SMILES string of the molecule is CCC(C)(C)c1nc(C2(N)CCC2)no1.Cl. The Morgan fingerprint density at radius 2 is 2.06 bits per heavy atom. The van der Waals surface area contributed by atoms with Crippen LogP contribution >= 0.6 is 12.4 Å². The van der Waals surface area contributed by atoms with E-state index in [1.54, 1.807) is 0 Å². The van der Waals surface area contributed by atoms with E-state index in [2.05, 4.69) is 30.9 Å². The van der Waals surface area contributed by atoms with Crippen LogP contribution in [0.2, 0.25) is 0 Å². The number of halogens is 1. The molecule has 0 unspecified atom stereocenters. The van der Waals surface area contributed by atoms with E-state index < -0.39 is 0 Å². The van der Waals surface area contributed by atoms with Crippen LogP contribution in [0.3, 0.4) is 0 Å². The molecule has 1 heterocycles. The topological polar surface area (TPSA) is 64.9 Å². The van der Waals surface area contributed by atoms with Crippen molar-refractivity contribution in [3.8, 4) is 0 Å². The Kier molecular flexibility index (Phi) is 3.65. The zero-order valence-corrected chi connectivity index (χ0v) is 10.9. The fraction of sp³-hybridized carbons (Fsp3) is 0.818. The van der Waals surface area contributed by atoms with Gasteiger partial charge in [-0.2, -0.15) is 4.98 Å². The van der Waals surface area contributed by atoms with Crippen molar-refractivity contribution >= 4 is 12.4 Å². The largest absolute Gasteiger partial charge is 0.339 e. The number of hydrogen-bond donors (Lipinski definition) is 1. The van der Waals surface area contributed by atoms with Crippen LogP contribution in [0, 0.1) is 0 Å². The van der Waals surface area contributed by atoms with E-state index in [0.29, 0.717) is 11.7 Å². The van der Waals surface area contributed by atoms with E-state index in [4.69, 9.17) is 10.3 Å². The van der Waals surface area contributed by atoms with Gasteiger partial charge in [-0.3, -0.25) is 0 Å². The first-order chi connectivity index (χ1) is 6.98. The Hall–Kier alpha value is -0.610. The van der Waals surface area contributed by atoms with Crippen LogP contribution in [0.1, 0.15) is 58.2 Å². The molecular weight excluding hydrogens is 226 g/mol. The second-order valence-corrected chi connectivity index (χ2v) is 5.17. The zero-order valence-electron chi connectivity index (χ0n) is 10.1. The molecule has 0 bridgehead atoms. The standard InChI is InChI=1S/C11H19N3O.ClH/c1-4-10(2,3)9-13-8(14-15-9)11(12)6-5-7-11;/h4-7,12H2,1-3H3;1H. The molecule has 1 aromatic heterocycles. The van der Waals surface area contributed by atoms with E-state index in [-0.39, 0.29) is 23.4 Å². The lowest BCUT2D eigenvalue weighted by Crippen LogP contribution is -2.44. The highest BCUT2D eigenvalue weighted by atomic mass is 35.5. The molecule has 92 valence electrons. The number of nitrogens with two attached hydrogens (primary N) is 1. The summed E-state index contributed by atoms with van der Waals surface area (Å²) in [6.45, 7) is 6.33. The molecule has 1 aliphatic carbocycles. The molecule has 16 heavy (non-hydrogen) atoms. The van der Waals surface area contributed by atoms with Crippen LogP contribution in [0.5, 0.6) is 0 Å². The third kappa shape index (κ3) is 2.09. The molecule has 1 aliphatic rings. The summed E-state index contributed by atoms with van der Waals surface area (Å²) in [4.78, 5) is 4.44. The number of aromatic nitrogens is 2. The summed E-state index contributed by atoms with van der Waals surface area (Å²) in [6.07, 6.45) is 4.08. The van der Waals surface area contributed by atoms with Crippen LogP contribution in [0.25, 0.3) is 0 Å². The molecule has 0 atom stereocenters. The van der Waals surface area contributed by atoms with Crippen molar-refractivity contribution in [3.05, 3.63) is 11.7 Å².